The molecule has 1 N–H and O–H groups in total. The molecule has 0 aromatic heterocycles. The second-order valence-electron chi connectivity index (χ2n) is 5.06. The first-order valence-corrected chi connectivity index (χ1v) is 6.42. The summed E-state index contributed by atoms with van der Waals surface area (Å²) in [5, 5.41) is 8.73. The molecular weight excluding hydrogens is 218 g/mol. The third kappa shape index (κ3) is 3.30. The molecule has 2 aliphatic rings. The zero-order chi connectivity index (χ0) is 12.3. The molecule has 96 valence electrons. The molecule has 0 aromatic carbocycles. The Kier molecular flexibility index (Phi) is 4.18. The van der Waals surface area contributed by atoms with Crippen molar-refractivity contribution in [3.63, 3.8) is 0 Å². The quantitative estimate of drug-likeness (QED) is 0.761. The van der Waals surface area contributed by atoms with Crippen molar-refractivity contribution in [1.82, 2.24) is 4.90 Å². The largest absolute Gasteiger partial charge is 0.478 e. The molecule has 0 spiro atoms. The minimum Gasteiger partial charge on any atom is -0.478 e. The molecule has 2 fully saturated rings. The van der Waals surface area contributed by atoms with Crippen LogP contribution in [0.5, 0.6) is 0 Å². The highest BCUT2D eigenvalue weighted by Crippen LogP contribution is 2.28. The molecule has 0 amide bonds. The Morgan fingerprint density at radius 1 is 1.47 bits per heavy atom. The van der Waals surface area contributed by atoms with E-state index >= 15 is 0 Å². The van der Waals surface area contributed by atoms with Crippen molar-refractivity contribution in [2.45, 2.75) is 44.8 Å². The Labute approximate surface area is 102 Å². The summed E-state index contributed by atoms with van der Waals surface area (Å²) in [5.74, 6) is -0.851. The standard InChI is InChI=1S/C13H21NO3/c1-10(8-13(15)16)9-14-6-7-17-12-5-3-2-4-11(12)14/h8,11-12H,2-7,9H2,1H3,(H,15,16). The number of fused-ring (bicyclic) bond motifs is 1. The molecule has 2 atom stereocenters. The van der Waals surface area contributed by atoms with E-state index in [4.69, 9.17) is 9.84 Å². The predicted molar refractivity (Wildman–Crippen MR) is 65.0 cm³/mol. The number of carbonyl (C=O) groups is 1. The lowest BCUT2D eigenvalue weighted by Gasteiger charge is -2.44. The lowest BCUT2D eigenvalue weighted by Crippen LogP contribution is -2.52. The van der Waals surface area contributed by atoms with Gasteiger partial charge in [-0.3, -0.25) is 4.90 Å². The molecule has 0 radical (unpaired) electrons. The Balaban J connectivity index is 1.97. The minimum atomic E-state index is -0.851. The van der Waals surface area contributed by atoms with E-state index in [0.29, 0.717) is 12.1 Å². The minimum absolute atomic E-state index is 0.370. The van der Waals surface area contributed by atoms with Crippen molar-refractivity contribution in [1.29, 1.82) is 0 Å². The molecule has 4 heteroatoms. The summed E-state index contributed by atoms with van der Waals surface area (Å²) < 4.78 is 5.80. The third-order valence-corrected chi connectivity index (χ3v) is 3.67. The fraction of sp³-hybridized carbons (Fsp3) is 0.769. The van der Waals surface area contributed by atoms with Crippen LogP contribution < -0.4 is 0 Å². The molecule has 1 aliphatic carbocycles. The fourth-order valence-electron chi connectivity index (χ4n) is 2.95. The van der Waals surface area contributed by atoms with E-state index in [1.807, 2.05) is 6.92 Å². The first kappa shape index (κ1) is 12.6. The fourth-order valence-corrected chi connectivity index (χ4v) is 2.95. The maximum absolute atomic E-state index is 10.6. The van der Waals surface area contributed by atoms with E-state index in [-0.39, 0.29) is 0 Å². The average molecular weight is 239 g/mol. The summed E-state index contributed by atoms with van der Waals surface area (Å²) in [6.45, 7) is 4.35. The van der Waals surface area contributed by atoms with Gasteiger partial charge in [0.25, 0.3) is 0 Å². The highest BCUT2D eigenvalue weighted by molar-refractivity contribution is 5.80. The first-order chi connectivity index (χ1) is 8.16. The topological polar surface area (TPSA) is 49.8 Å². The zero-order valence-electron chi connectivity index (χ0n) is 10.4. The second-order valence-corrected chi connectivity index (χ2v) is 5.06. The lowest BCUT2D eigenvalue weighted by atomic mass is 9.90. The zero-order valence-corrected chi connectivity index (χ0v) is 10.4. The number of nitrogens with zero attached hydrogens (tertiary/aromatic N) is 1. The monoisotopic (exact) mass is 239 g/mol. The van der Waals surface area contributed by atoms with E-state index in [1.165, 1.54) is 25.3 Å². The molecule has 1 saturated heterocycles. The average Bonchev–Trinajstić information content (AvgIpc) is 2.28. The van der Waals surface area contributed by atoms with Gasteiger partial charge < -0.3 is 9.84 Å². The van der Waals surface area contributed by atoms with E-state index in [2.05, 4.69) is 4.90 Å². The van der Waals surface area contributed by atoms with Gasteiger partial charge in [-0.15, -0.1) is 0 Å². The molecule has 2 rings (SSSR count). The summed E-state index contributed by atoms with van der Waals surface area (Å²) in [5.41, 5.74) is 0.920. The normalized spacial score (nSPS) is 31.0. The van der Waals surface area contributed by atoms with Crippen molar-refractivity contribution in [2.24, 2.45) is 0 Å². The van der Waals surface area contributed by atoms with Gasteiger partial charge in [-0.2, -0.15) is 0 Å². The highest BCUT2D eigenvalue weighted by Gasteiger charge is 2.33. The summed E-state index contributed by atoms with van der Waals surface area (Å²) >= 11 is 0. The predicted octanol–water partition coefficient (Wildman–Crippen LogP) is 1.66. The third-order valence-electron chi connectivity index (χ3n) is 3.67. The number of aliphatic carboxylic acids is 1. The number of rotatable bonds is 3. The maximum atomic E-state index is 10.6. The van der Waals surface area contributed by atoms with Crippen molar-refractivity contribution >= 4 is 5.97 Å². The SMILES string of the molecule is CC(=CC(=O)O)CN1CCOC2CCCCC21. The second kappa shape index (κ2) is 5.65. The Morgan fingerprint density at radius 3 is 3.00 bits per heavy atom. The van der Waals surface area contributed by atoms with Crippen LogP contribution in [-0.2, 0) is 9.53 Å². The van der Waals surface area contributed by atoms with Crippen LogP contribution >= 0.6 is 0 Å². The van der Waals surface area contributed by atoms with Gasteiger partial charge in [0.2, 0.25) is 0 Å². The highest BCUT2D eigenvalue weighted by atomic mass is 16.5. The molecule has 1 aliphatic heterocycles. The summed E-state index contributed by atoms with van der Waals surface area (Å²) in [6, 6.07) is 0.495. The van der Waals surface area contributed by atoms with Gasteiger partial charge in [0, 0.05) is 25.2 Å². The van der Waals surface area contributed by atoms with Crippen LogP contribution in [-0.4, -0.2) is 47.8 Å². The van der Waals surface area contributed by atoms with Crippen LogP contribution in [0, 0.1) is 0 Å². The van der Waals surface area contributed by atoms with Gasteiger partial charge in [-0.1, -0.05) is 18.4 Å². The van der Waals surface area contributed by atoms with Crippen molar-refractivity contribution in [3.8, 4) is 0 Å². The number of carboxylic acids is 1. The number of morpholine rings is 1. The Morgan fingerprint density at radius 2 is 2.24 bits per heavy atom. The van der Waals surface area contributed by atoms with Crippen LogP contribution in [0.3, 0.4) is 0 Å². The molecule has 1 saturated carbocycles. The van der Waals surface area contributed by atoms with E-state index in [9.17, 15) is 4.79 Å². The first-order valence-electron chi connectivity index (χ1n) is 6.42. The Bertz CT molecular complexity index is 312. The van der Waals surface area contributed by atoms with Crippen molar-refractivity contribution < 1.29 is 14.6 Å². The van der Waals surface area contributed by atoms with Crippen LogP contribution in [0.1, 0.15) is 32.6 Å². The summed E-state index contributed by atoms with van der Waals surface area (Å²) in [4.78, 5) is 13.0. The number of carboxylic acid groups (broad SMARTS) is 1. The lowest BCUT2D eigenvalue weighted by molar-refractivity contribution is -0.131. The van der Waals surface area contributed by atoms with Gasteiger partial charge in [0.1, 0.15) is 0 Å². The molecule has 17 heavy (non-hydrogen) atoms. The van der Waals surface area contributed by atoms with Crippen LogP contribution in [0.4, 0.5) is 0 Å². The summed E-state index contributed by atoms with van der Waals surface area (Å²) in [6.07, 6.45) is 6.55. The number of ether oxygens (including phenoxy) is 1. The molecule has 0 bridgehead atoms. The molecular formula is C13H21NO3. The molecule has 2 unspecified atom stereocenters. The Hall–Kier alpha value is -0.870. The van der Waals surface area contributed by atoms with Crippen LogP contribution in [0.25, 0.3) is 0 Å². The van der Waals surface area contributed by atoms with Gasteiger partial charge in [0.15, 0.2) is 0 Å². The van der Waals surface area contributed by atoms with Gasteiger partial charge in [-0.05, 0) is 19.8 Å². The van der Waals surface area contributed by atoms with Crippen LogP contribution in [0.2, 0.25) is 0 Å². The van der Waals surface area contributed by atoms with E-state index in [0.717, 1.165) is 31.7 Å². The van der Waals surface area contributed by atoms with Gasteiger partial charge in [-0.25, -0.2) is 4.79 Å². The molecule has 1 heterocycles. The van der Waals surface area contributed by atoms with E-state index < -0.39 is 5.97 Å². The number of hydrogen-bond acceptors (Lipinski definition) is 3. The smallest absolute Gasteiger partial charge is 0.328 e. The molecule has 0 aromatic rings. The maximum Gasteiger partial charge on any atom is 0.328 e. The van der Waals surface area contributed by atoms with Crippen molar-refractivity contribution in [3.05, 3.63) is 11.6 Å². The number of hydrogen-bond donors (Lipinski definition) is 1. The van der Waals surface area contributed by atoms with Gasteiger partial charge in [0.05, 0.1) is 12.7 Å². The summed E-state index contributed by atoms with van der Waals surface area (Å²) in [7, 11) is 0. The van der Waals surface area contributed by atoms with Crippen molar-refractivity contribution in [2.75, 3.05) is 19.7 Å². The molecule has 4 nitrogen and oxygen atoms in total. The van der Waals surface area contributed by atoms with Crippen LogP contribution in [0.15, 0.2) is 11.6 Å². The van der Waals surface area contributed by atoms with E-state index in [1.54, 1.807) is 0 Å². The van der Waals surface area contributed by atoms with Gasteiger partial charge >= 0.3 is 5.97 Å².